The third-order valence-electron chi connectivity index (χ3n) is 1.92. The molecule has 0 spiro atoms. The van der Waals surface area contributed by atoms with Crippen molar-refractivity contribution in [2.24, 2.45) is 0 Å². The molecule has 0 aliphatic heterocycles. The molecule has 0 fully saturated rings. The Balaban J connectivity index is 2.23. The molecule has 1 aromatic carbocycles. The molecule has 1 unspecified atom stereocenters. The molecule has 1 atom stereocenters. The minimum Gasteiger partial charge on any atom is -0.491 e. The van der Waals surface area contributed by atoms with Gasteiger partial charge in [0, 0.05) is 18.1 Å². The molecule has 1 aromatic rings. The van der Waals surface area contributed by atoms with Crippen LogP contribution in [0.2, 0.25) is 5.02 Å². The van der Waals surface area contributed by atoms with Gasteiger partial charge in [0.2, 0.25) is 0 Å². The molecule has 0 saturated carbocycles. The molecule has 0 bridgehead atoms. The van der Waals surface area contributed by atoms with E-state index >= 15 is 0 Å². The van der Waals surface area contributed by atoms with E-state index < -0.39 is 6.10 Å². The van der Waals surface area contributed by atoms with Gasteiger partial charge < -0.3 is 15.2 Å². The maximum atomic E-state index is 9.54. The summed E-state index contributed by atoms with van der Waals surface area (Å²) in [6.07, 6.45) is 1.21. The number of benzene rings is 1. The third-order valence-corrected chi connectivity index (χ3v) is 2.18. The van der Waals surface area contributed by atoms with Gasteiger partial charge in [0.15, 0.2) is 0 Å². The summed E-state index contributed by atoms with van der Waals surface area (Å²) < 4.78 is 5.38. The average Bonchev–Trinajstić information content (AvgIpc) is 2.29. The van der Waals surface area contributed by atoms with Gasteiger partial charge in [0.05, 0.1) is 0 Å². The van der Waals surface area contributed by atoms with Crippen molar-refractivity contribution in [3.63, 3.8) is 0 Å². The molecule has 0 radical (unpaired) electrons. The topological polar surface area (TPSA) is 41.5 Å². The Bertz CT molecular complexity index is 313. The number of aliphatic hydroxyl groups is 1. The number of rotatable bonds is 7. The molecular formula is C12H16ClNO2. The van der Waals surface area contributed by atoms with E-state index in [4.69, 9.17) is 16.3 Å². The normalized spacial score (nSPS) is 12.1. The maximum absolute atomic E-state index is 9.54. The minimum absolute atomic E-state index is 0.256. The molecular weight excluding hydrogens is 226 g/mol. The molecule has 3 nitrogen and oxygen atoms in total. The van der Waals surface area contributed by atoms with E-state index in [9.17, 15) is 5.11 Å². The second-order valence-corrected chi connectivity index (χ2v) is 3.80. The lowest BCUT2D eigenvalue weighted by Crippen LogP contribution is -2.31. The fourth-order valence-corrected chi connectivity index (χ4v) is 1.26. The van der Waals surface area contributed by atoms with Gasteiger partial charge in [-0.2, -0.15) is 0 Å². The van der Waals surface area contributed by atoms with E-state index in [0.29, 0.717) is 23.9 Å². The smallest absolute Gasteiger partial charge is 0.119 e. The molecule has 0 aliphatic carbocycles. The Morgan fingerprint density at radius 2 is 2.12 bits per heavy atom. The van der Waals surface area contributed by atoms with E-state index in [-0.39, 0.29) is 6.61 Å². The van der Waals surface area contributed by atoms with Gasteiger partial charge >= 0.3 is 0 Å². The number of aliphatic hydroxyl groups excluding tert-OH is 1. The van der Waals surface area contributed by atoms with Crippen LogP contribution < -0.4 is 10.1 Å². The Morgan fingerprint density at radius 3 is 2.75 bits per heavy atom. The van der Waals surface area contributed by atoms with Crippen LogP contribution >= 0.6 is 11.6 Å². The quantitative estimate of drug-likeness (QED) is 0.566. The molecule has 16 heavy (non-hydrogen) atoms. The summed E-state index contributed by atoms with van der Waals surface area (Å²) in [5.41, 5.74) is 0. The van der Waals surface area contributed by atoms with Crippen LogP contribution in [0, 0.1) is 0 Å². The van der Waals surface area contributed by atoms with Crippen LogP contribution in [-0.4, -0.2) is 30.9 Å². The van der Waals surface area contributed by atoms with Gasteiger partial charge in [0.25, 0.3) is 0 Å². The number of ether oxygens (including phenoxy) is 1. The van der Waals surface area contributed by atoms with Crippen molar-refractivity contribution in [3.05, 3.63) is 41.9 Å². The van der Waals surface area contributed by atoms with Gasteiger partial charge in [-0.05, 0) is 24.3 Å². The summed E-state index contributed by atoms with van der Waals surface area (Å²) >= 11 is 5.73. The number of hydrogen-bond donors (Lipinski definition) is 2. The second-order valence-electron chi connectivity index (χ2n) is 3.37. The SMILES string of the molecule is C=CCNCC(O)COc1ccc(Cl)cc1. The number of hydrogen-bond acceptors (Lipinski definition) is 3. The highest BCUT2D eigenvalue weighted by Gasteiger charge is 2.03. The second kappa shape index (κ2) is 7.28. The van der Waals surface area contributed by atoms with Crippen LogP contribution in [0.15, 0.2) is 36.9 Å². The average molecular weight is 242 g/mol. The molecule has 0 amide bonds. The molecule has 0 heterocycles. The zero-order valence-electron chi connectivity index (χ0n) is 9.03. The Morgan fingerprint density at radius 1 is 1.44 bits per heavy atom. The number of nitrogens with one attached hydrogen (secondary N) is 1. The predicted octanol–water partition coefficient (Wildman–Crippen LogP) is 1.86. The van der Waals surface area contributed by atoms with Crippen LogP contribution in [0.25, 0.3) is 0 Å². The molecule has 0 aliphatic rings. The summed E-state index contributed by atoms with van der Waals surface area (Å²) in [6, 6.07) is 7.04. The van der Waals surface area contributed by atoms with Crippen LogP contribution in [0.3, 0.4) is 0 Å². The first kappa shape index (κ1) is 13.0. The molecule has 4 heteroatoms. The van der Waals surface area contributed by atoms with E-state index in [0.717, 1.165) is 0 Å². The highest BCUT2D eigenvalue weighted by Crippen LogP contribution is 2.15. The first-order chi connectivity index (χ1) is 7.72. The highest BCUT2D eigenvalue weighted by atomic mass is 35.5. The first-order valence-corrected chi connectivity index (χ1v) is 5.48. The van der Waals surface area contributed by atoms with Crippen LogP contribution in [0.5, 0.6) is 5.75 Å². The Kier molecular flexibility index (Phi) is 5.93. The maximum Gasteiger partial charge on any atom is 0.119 e. The predicted molar refractivity (Wildman–Crippen MR) is 66.0 cm³/mol. The summed E-state index contributed by atoms with van der Waals surface area (Å²) in [7, 11) is 0. The summed E-state index contributed by atoms with van der Waals surface area (Å²) in [6.45, 7) is 4.99. The van der Waals surface area contributed by atoms with Gasteiger partial charge in [0.1, 0.15) is 18.5 Å². The van der Waals surface area contributed by atoms with Crippen molar-refractivity contribution in [3.8, 4) is 5.75 Å². The molecule has 88 valence electrons. The molecule has 1 rings (SSSR count). The van der Waals surface area contributed by atoms with Gasteiger partial charge in [-0.25, -0.2) is 0 Å². The lowest BCUT2D eigenvalue weighted by atomic mass is 10.3. The first-order valence-electron chi connectivity index (χ1n) is 5.10. The standard InChI is InChI=1S/C12H16ClNO2/c1-2-7-14-8-11(15)9-16-12-5-3-10(13)4-6-12/h2-6,11,14-15H,1,7-9H2. The van der Waals surface area contributed by atoms with E-state index in [2.05, 4.69) is 11.9 Å². The highest BCUT2D eigenvalue weighted by molar-refractivity contribution is 6.30. The zero-order chi connectivity index (χ0) is 11.8. The monoisotopic (exact) mass is 241 g/mol. The number of halogens is 1. The third kappa shape index (κ3) is 5.16. The van der Waals surface area contributed by atoms with Crippen LogP contribution in [0.4, 0.5) is 0 Å². The van der Waals surface area contributed by atoms with Crippen LogP contribution in [0.1, 0.15) is 0 Å². The van der Waals surface area contributed by atoms with Gasteiger partial charge in [-0.15, -0.1) is 6.58 Å². The van der Waals surface area contributed by atoms with Crippen LogP contribution in [-0.2, 0) is 0 Å². The minimum atomic E-state index is -0.532. The fourth-order valence-electron chi connectivity index (χ4n) is 1.13. The lowest BCUT2D eigenvalue weighted by molar-refractivity contribution is 0.107. The van der Waals surface area contributed by atoms with Gasteiger partial charge in [-0.3, -0.25) is 0 Å². The molecule has 2 N–H and O–H groups in total. The summed E-state index contributed by atoms with van der Waals surface area (Å²) in [4.78, 5) is 0. The summed E-state index contributed by atoms with van der Waals surface area (Å²) in [5, 5.41) is 13.2. The Hall–Kier alpha value is -1.03. The molecule has 0 aromatic heterocycles. The van der Waals surface area contributed by atoms with Crippen molar-refractivity contribution in [2.45, 2.75) is 6.10 Å². The van der Waals surface area contributed by atoms with Crippen molar-refractivity contribution in [1.82, 2.24) is 5.32 Å². The van der Waals surface area contributed by atoms with E-state index in [1.54, 1.807) is 30.3 Å². The summed E-state index contributed by atoms with van der Waals surface area (Å²) in [5.74, 6) is 0.701. The molecule has 0 saturated heterocycles. The fraction of sp³-hybridized carbons (Fsp3) is 0.333. The Labute approximate surface area is 101 Å². The zero-order valence-corrected chi connectivity index (χ0v) is 9.78. The van der Waals surface area contributed by atoms with Gasteiger partial charge in [-0.1, -0.05) is 17.7 Å². The van der Waals surface area contributed by atoms with Crippen molar-refractivity contribution in [1.29, 1.82) is 0 Å². The van der Waals surface area contributed by atoms with Crippen molar-refractivity contribution >= 4 is 11.6 Å². The van der Waals surface area contributed by atoms with E-state index in [1.807, 2.05) is 0 Å². The van der Waals surface area contributed by atoms with Crippen molar-refractivity contribution in [2.75, 3.05) is 19.7 Å². The largest absolute Gasteiger partial charge is 0.491 e. The van der Waals surface area contributed by atoms with Crippen molar-refractivity contribution < 1.29 is 9.84 Å². The lowest BCUT2D eigenvalue weighted by Gasteiger charge is -2.12. The van der Waals surface area contributed by atoms with E-state index in [1.165, 1.54) is 0 Å².